The number of aryl methyl sites for hydroxylation is 1. The predicted molar refractivity (Wildman–Crippen MR) is 121 cm³/mol. The fourth-order valence-electron chi connectivity index (χ4n) is 3.91. The minimum absolute atomic E-state index is 0.208. The molecule has 0 unspecified atom stereocenters. The number of piperazine rings is 1. The molecule has 0 atom stereocenters. The molecule has 1 N–H and O–H groups in total. The molecule has 162 valence electrons. The Bertz CT molecular complexity index is 1050. The highest BCUT2D eigenvalue weighted by molar-refractivity contribution is 5.93. The number of amides is 1. The summed E-state index contributed by atoms with van der Waals surface area (Å²) in [5, 5.41) is 11.3. The average Bonchev–Trinajstić information content (AvgIpc) is 3.15. The summed E-state index contributed by atoms with van der Waals surface area (Å²) >= 11 is 0. The Hall–Kier alpha value is -3.03. The highest BCUT2D eigenvalue weighted by atomic mass is 16.2. The first kappa shape index (κ1) is 21.2. The van der Waals surface area contributed by atoms with Crippen molar-refractivity contribution in [3.05, 3.63) is 76.6 Å². The van der Waals surface area contributed by atoms with Gasteiger partial charge in [-0.3, -0.25) is 9.69 Å². The number of carbonyl (C=O) groups excluding carboxylic acids is 1. The molecule has 0 radical (unpaired) electrons. The van der Waals surface area contributed by atoms with Gasteiger partial charge in [0.1, 0.15) is 0 Å². The Morgan fingerprint density at radius 2 is 1.74 bits per heavy atom. The molecule has 1 aliphatic heterocycles. The van der Waals surface area contributed by atoms with Gasteiger partial charge in [-0.15, -0.1) is 5.10 Å². The number of nitrogens with one attached hydrogen (secondary N) is 1. The van der Waals surface area contributed by atoms with Crippen molar-refractivity contribution in [1.82, 2.24) is 30.1 Å². The van der Waals surface area contributed by atoms with E-state index in [2.05, 4.69) is 50.7 Å². The van der Waals surface area contributed by atoms with Crippen molar-refractivity contribution in [1.29, 1.82) is 0 Å². The van der Waals surface area contributed by atoms with Crippen LogP contribution in [0, 0.1) is 13.8 Å². The molecule has 2 heterocycles. The SMILES string of the molecule is Cc1cccc(-n2nnc(C(=O)NCc3cccc(CN4CCN(C)CC4)c3)c2C)c1. The van der Waals surface area contributed by atoms with Gasteiger partial charge in [0.2, 0.25) is 0 Å². The molecule has 0 spiro atoms. The van der Waals surface area contributed by atoms with Crippen molar-refractivity contribution in [2.45, 2.75) is 26.9 Å². The quantitative estimate of drug-likeness (QED) is 0.667. The molecule has 1 aromatic heterocycles. The zero-order chi connectivity index (χ0) is 21.8. The van der Waals surface area contributed by atoms with Crippen molar-refractivity contribution in [2.24, 2.45) is 0 Å². The van der Waals surface area contributed by atoms with Crippen LogP contribution in [-0.4, -0.2) is 63.9 Å². The summed E-state index contributed by atoms with van der Waals surface area (Å²) in [5.74, 6) is -0.208. The minimum atomic E-state index is -0.208. The third-order valence-corrected chi connectivity index (χ3v) is 5.80. The number of benzene rings is 2. The lowest BCUT2D eigenvalue weighted by Crippen LogP contribution is -2.43. The Morgan fingerprint density at radius 3 is 2.52 bits per heavy atom. The zero-order valence-corrected chi connectivity index (χ0v) is 18.5. The van der Waals surface area contributed by atoms with Crippen LogP contribution >= 0.6 is 0 Å². The van der Waals surface area contributed by atoms with Crippen LogP contribution in [0.25, 0.3) is 5.69 Å². The van der Waals surface area contributed by atoms with Gasteiger partial charge in [0.05, 0.1) is 11.4 Å². The summed E-state index contributed by atoms with van der Waals surface area (Å²) in [6.45, 7) is 9.71. The second-order valence-electron chi connectivity index (χ2n) is 8.36. The van der Waals surface area contributed by atoms with E-state index in [0.717, 1.165) is 55.2 Å². The number of carbonyl (C=O) groups is 1. The van der Waals surface area contributed by atoms with Crippen LogP contribution in [0.1, 0.15) is 32.9 Å². The third kappa shape index (κ3) is 5.18. The molecule has 4 rings (SSSR count). The Kier molecular flexibility index (Phi) is 6.44. The maximum atomic E-state index is 12.7. The van der Waals surface area contributed by atoms with Gasteiger partial charge in [-0.1, -0.05) is 41.6 Å². The zero-order valence-electron chi connectivity index (χ0n) is 18.5. The number of nitrogens with zero attached hydrogens (tertiary/aromatic N) is 5. The van der Waals surface area contributed by atoms with Gasteiger partial charge in [-0.05, 0) is 49.7 Å². The summed E-state index contributed by atoms with van der Waals surface area (Å²) in [6.07, 6.45) is 0. The second-order valence-corrected chi connectivity index (χ2v) is 8.36. The van der Waals surface area contributed by atoms with Crippen LogP contribution < -0.4 is 5.32 Å². The van der Waals surface area contributed by atoms with Gasteiger partial charge < -0.3 is 10.2 Å². The summed E-state index contributed by atoms with van der Waals surface area (Å²) in [5.41, 5.74) is 5.49. The highest BCUT2D eigenvalue weighted by Gasteiger charge is 2.18. The fourth-order valence-corrected chi connectivity index (χ4v) is 3.91. The molecule has 1 saturated heterocycles. The Labute approximate surface area is 183 Å². The maximum Gasteiger partial charge on any atom is 0.274 e. The first-order valence-corrected chi connectivity index (χ1v) is 10.8. The molecule has 1 fully saturated rings. The molecule has 3 aromatic rings. The van der Waals surface area contributed by atoms with Gasteiger partial charge >= 0.3 is 0 Å². The molecule has 2 aromatic carbocycles. The predicted octanol–water partition coefficient (Wildman–Crippen LogP) is 2.56. The van der Waals surface area contributed by atoms with E-state index in [1.807, 2.05) is 44.2 Å². The Morgan fingerprint density at radius 1 is 1.00 bits per heavy atom. The number of likely N-dealkylation sites (N-methyl/N-ethyl adjacent to an activating group) is 1. The molecule has 1 aliphatic rings. The minimum Gasteiger partial charge on any atom is -0.347 e. The molecule has 0 bridgehead atoms. The molecule has 1 amide bonds. The van der Waals surface area contributed by atoms with Crippen LogP contribution in [0.4, 0.5) is 0 Å². The Balaban J connectivity index is 1.38. The van der Waals surface area contributed by atoms with Crippen LogP contribution in [0.5, 0.6) is 0 Å². The van der Waals surface area contributed by atoms with Crippen LogP contribution in [0.2, 0.25) is 0 Å². The monoisotopic (exact) mass is 418 g/mol. The van der Waals surface area contributed by atoms with E-state index < -0.39 is 0 Å². The largest absolute Gasteiger partial charge is 0.347 e. The fraction of sp³-hybridized carbons (Fsp3) is 0.375. The van der Waals surface area contributed by atoms with Gasteiger partial charge in [-0.2, -0.15) is 0 Å². The summed E-state index contributed by atoms with van der Waals surface area (Å²) in [4.78, 5) is 17.6. The number of rotatable bonds is 6. The number of hydrogen-bond acceptors (Lipinski definition) is 5. The molecular formula is C24H30N6O. The lowest BCUT2D eigenvalue weighted by Gasteiger charge is -2.32. The van der Waals surface area contributed by atoms with E-state index >= 15 is 0 Å². The van der Waals surface area contributed by atoms with E-state index in [1.165, 1.54) is 5.56 Å². The van der Waals surface area contributed by atoms with Crippen molar-refractivity contribution in [2.75, 3.05) is 33.2 Å². The van der Waals surface area contributed by atoms with Crippen molar-refractivity contribution < 1.29 is 4.79 Å². The normalized spacial score (nSPS) is 15.2. The van der Waals surface area contributed by atoms with Gasteiger partial charge in [-0.25, -0.2) is 4.68 Å². The lowest BCUT2D eigenvalue weighted by molar-refractivity contribution is 0.0945. The molecule has 7 nitrogen and oxygen atoms in total. The molecule has 31 heavy (non-hydrogen) atoms. The first-order valence-electron chi connectivity index (χ1n) is 10.8. The van der Waals surface area contributed by atoms with Gasteiger partial charge in [0, 0.05) is 39.3 Å². The van der Waals surface area contributed by atoms with Crippen molar-refractivity contribution in [3.8, 4) is 5.69 Å². The smallest absolute Gasteiger partial charge is 0.274 e. The number of hydrogen-bond donors (Lipinski definition) is 1. The van der Waals surface area contributed by atoms with Crippen molar-refractivity contribution >= 4 is 5.91 Å². The number of aromatic nitrogens is 3. The summed E-state index contributed by atoms with van der Waals surface area (Å²) in [6, 6.07) is 16.4. The van der Waals surface area contributed by atoms with E-state index in [4.69, 9.17) is 0 Å². The van der Waals surface area contributed by atoms with E-state index in [9.17, 15) is 4.79 Å². The first-order chi connectivity index (χ1) is 15.0. The van der Waals surface area contributed by atoms with Crippen LogP contribution in [0.15, 0.2) is 48.5 Å². The third-order valence-electron chi connectivity index (χ3n) is 5.80. The summed E-state index contributed by atoms with van der Waals surface area (Å²) < 4.78 is 1.71. The van der Waals surface area contributed by atoms with E-state index in [-0.39, 0.29) is 5.91 Å². The average molecular weight is 419 g/mol. The molecule has 0 saturated carbocycles. The van der Waals surface area contributed by atoms with E-state index in [1.54, 1.807) is 4.68 Å². The van der Waals surface area contributed by atoms with Crippen LogP contribution in [0.3, 0.4) is 0 Å². The van der Waals surface area contributed by atoms with Crippen molar-refractivity contribution in [3.63, 3.8) is 0 Å². The maximum absolute atomic E-state index is 12.7. The highest BCUT2D eigenvalue weighted by Crippen LogP contribution is 2.14. The van der Waals surface area contributed by atoms with Crippen LogP contribution in [-0.2, 0) is 13.1 Å². The second kappa shape index (κ2) is 9.41. The summed E-state index contributed by atoms with van der Waals surface area (Å²) in [7, 11) is 2.17. The molecule has 0 aliphatic carbocycles. The van der Waals surface area contributed by atoms with E-state index in [0.29, 0.717) is 12.2 Å². The van der Waals surface area contributed by atoms with Gasteiger partial charge in [0.15, 0.2) is 5.69 Å². The standard InChI is InChI=1S/C24H30N6O/c1-18-6-4-9-22(14-18)30-19(2)23(26-27-30)24(31)25-16-20-7-5-8-21(15-20)17-29-12-10-28(3)11-13-29/h4-9,14-15H,10-13,16-17H2,1-3H3,(H,25,31). The van der Waals surface area contributed by atoms with Gasteiger partial charge in [0.25, 0.3) is 5.91 Å². The molecular weight excluding hydrogens is 388 g/mol. The lowest BCUT2D eigenvalue weighted by atomic mass is 10.1. The topological polar surface area (TPSA) is 66.3 Å². The molecule has 7 heteroatoms.